The van der Waals surface area contributed by atoms with Crippen LogP contribution in [0.1, 0.15) is 53.9 Å². The first-order valence-electron chi connectivity index (χ1n) is 8.01. The summed E-state index contributed by atoms with van der Waals surface area (Å²) in [5, 5.41) is 2.82. The van der Waals surface area contributed by atoms with Crippen LogP contribution in [0.25, 0.3) is 0 Å². The summed E-state index contributed by atoms with van der Waals surface area (Å²) in [6.45, 7) is 10.3. The lowest BCUT2D eigenvalue weighted by molar-refractivity contribution is -0.154. The van der Waals surface area contributed by atoms with E-state index in [1.54, 1.807) is 6.92 Å². The standard InChI is InChI=1S/C16H28N2O2/c1-6-12-7-8-13(10(12)4)18-14(9(2)3)15(19)17-11(5)16(18)20/h9-14H,6-8H2,1-5H3,(H,17,19). The van der Waals surface area contributed by atoms with Gasteiger partial charge in [-0.05, 0) is 37.5 Å². The molecule has 4 nitrogen and oxygen atoms in total. The molecule has 1 heterocycles. The monoisotopic (exact) mass is 280 g/mol. The van der Waals surface area contributed by atoms with Crippen molar-refractivity contribution in [3.05, 3.63) is 0 Å². The number of carbonyl (C=O) groups excluding carboxylic acids is 2. The molecule has 4 heteroatoms. The van der Waals surface area contributed by atoms with Gasteiger partial charge >= 0.3 is 0 Å². The second kappa shape index (κ2) is 5.74. The maximum absolute atomic E-state index is 12.6. The first-order valence-corrected chi connectivity index (χ1v) is 8.01. The van der Waals surface area contributed by atoms with Gasteiger partial charge in [0.2, 0.25) is 11.8 Å². The molecule has 1 aliphatic heterocycles. The molecule has 1 aliphatic carbocycles. The lowest BCUT2D eigenvalue weighted by atomic mass is 9.89. The second-order valence-electron chi connectivity index (χ2n) is 6.84. The van der Waals surface area contributed by atoms with E-state index in [2.05, 4.69) is 19.2 Å². The number of hydrogen-bond acceptors (Lipinski definition) is 2. The number of rotatable bonds is 3. The van der Waals surface area contributed by atoms with E-state index in [1.807, 2.05) is 18.7 Å². The van der Waals surface area contributed by atoms with Gasteiger partial charge in [0, 0.05) is 6.04 Å². The molecule has 1 saturated heterocycles. The first-order chi connectivity index (χ1) is 9.38. The number of amides is 2. The van der Waals surface area contributed by atoms with Crippen molar-refractivity contribution in [1.29, 1.82) is 0 Å². The summed E-state index contributed by atoms with van der Waals surface area (Å²) in [7, 11) is 0. The van der Waals surface area contributed by atoms with Crippen LogP contribution in [-0.2, 0) is 9.59 Å². The smallest absolute Gasteiger partial charge is 0.245 e. The predicted molar refractivity (Wildman–Crippen MR) is 79.0 cm³/mol. The molecule has 0 spiro atoms. The Balaban J connectivity index is 2.29. The normalized spacial score (nSPS) is 38.5. The largest absolute Gasteiger partial charge is 0.343 e. The molecule has 5 atom stereocenters. The molecule has 2 fully saturated rings. The molecule has 114 valence electrons. The fraction of sp³-hybridized carbons (Fsp3) is 0.875. The first kappa shape index (κ1) is 15.3. The highest BCUT2D eigenvalue weighted by Gasteiger charge is 2.47. The van der Waals surface area contributed by atoms with Crippen molar-refractivity contribution in [2.45, 2.75) is 72.0 Å². The Morgan fingerprint density at radius 2 is 1.90 bits per heavy atom. The minimum atomic E-state index is -0.384. The molecule has 2 aliphatic rings. The zero-order valence-electron chi connectivity index (χ0n) is 13.3. The predicted octanol–water partition coefficient (Wildman–Crippen LogP) is 2.18. The summed E-state index contributed by atoms with van der Waals surface area (Å²) >= 11 is 0. The third-order valence-electron chi connectivity index (χ3n) is 5.25. The fourth-order valence-corrected chi connectivity index (χ4v) is 4.03. The van der Waals surface area contributed by atoms with Crippen molar-refractivity contribution < 1.29 is 9.59 Å². The van der Waals surface area contributed by atoms with Gasteiger partial charge in [0.15, 0.2) is 0 Å². The van der Waals surface area contributed by atoms with E-state index in [4.69, 9.17) is 0 Å². The summed E-state index contributed by atoms with van der Waals surface area (Å²) in [4.78, 5) is 26.9. The maximum Gasteiger partial charge on any atom is 0.245 e. The van der Waals surface area contributed by atoms with E-state index < -0.39 is 0 Å². The molecule has 0 aromatic rings. The van der Waals surface area contributed by atoms with Crippen LogP contribution in [0.4, 0.5) is 0 Å². The summed E-state index contributed by atoms with van der Waals surface area (Å²) in [5.41, 5.74) is 0. The van der Waals surface area contributed by atoms with E-state index in [9.17, 15) is 9.59 Å². The van der Waals surface area contributed by atoms with Crippen LogP contribution in [0.3, 0.4) is 0 Å². The van der Waals surface area contributed by atoms with Crippen LogP contribution in [0.5, 0.6) is 0 Å². The van der Waals surface area contributed by atoms with Gasteiger partial charge < -0.3 is 10.2 Å². The van der Waals surface area contributed by atoms with Crippen LogP contribution in [-0.4, -0.2) is 34.8 Å². The molecule has 0 aromatic heterocycles. The van der Waals surface area contributed by atoms with Crippen molar-refractivity contribution in [3.63, 3.8) is 0 Å². The summed E-state index contributed by atoms with van der Waals surface area (Å²) in [6.07, 6.45) is 3.37. The molecule has 0 radical (unpaired) electrons. The zero-order chi connectivity index (χ0) is 15.0. The van der Waals surface area contributed by atoms with E-state index in [0.29, 0.717) is 11.8 Å². The number of piperazine rings is 1. The highest BCUT2D eigenvalue weighted by Crippen LogP contribution is 2.39. The van der Waals surface area contributed by atoms with Crippen molar-refractivity contribution >= 4 is 11.8 Å². The fourth-order valence-electron chi connectivity index (χ4n) is 4.03. The van der Waals surface area contributed by atoms with Crippen LogP contribution in [0.15, 0.2) is 0 Å². The summed E-state index contributed by atoms with van der Waals surface area (Å²) < 4.78 is 0. The van der Waals surface area contributed by atoms with Gasteiger partial charge in [0.1, 0.15) is 12.1 Å². The number of nitrogens with one attached hydrogen (secondary N) is 1. The molecule has 1 saturated carbocycles. The summed E-state index contributed by atoms with van der Waals surface area (Å²) in [6, 6.07) is -0.458. The van der Waals surface area contributed by atoms with Crippen molar-refractivity contribution in [1.82, 2.24) is 10.2 Å². The van der Waals surface area contributed by atoms with E-state index in [1.165, 1.54) is 6.42 Å². The molecule has 0 aromatic carbocycles. The SMILES string of the molecule is CCC1CCC(N2C(=O)C(C)NC(=O)C2C(C)C)C1C. The van der Waals surface area contributed by atoms with Gasteiger partial charge in [-0.3, -0.25) is 9.59 Å². The van der Waals surface area contributed by atoms with Crippen molar-refractivity contribution in [2.24, 2.45) is 17.8 Å². The average Bonchev–Trinajstić information content (AvgIpc) is 2.74. The van der Waals surface area contributed by atoms with Gasteiger partial charge in [0.25, 0.3) is 0 Å². The van der Waals surface area contributed by atoms with Crippen LogP contribution in [0.2, 0.25) is 0 Å². The van der Waals surface area contributed by atoms with Gasteiger partial charge in [-0.25, -0.2) is 0 Å². The Labute approximate surface area is 122 Å². The lowest BCUT2D eigenvalue weighted by Crippen LogP contribution is -2.66. The average molecular weight is 280 g/mol. The maximum atomic E-state index is 12.6. The Kier molecular flexibility index (Phi) is 4.40. The Morgan fingerprint density at radius 3 is 2.40 bits per heavy atom. The van der Waals surface area contributed by atoms with Gasteiger partial charge in [-0.15, -0.1) is 0 Å². The third-order valence-corrected chi connectivity index (χ3v) is 5.25. The highest BCUT2D eigenvalue weighted by molar-refractivity contribution is 5.97. The molecular weight excluding hydrogens is 252 g/mol. The van der Waals surface area contributed by atoms with Gasteiger partial charge in [0.05, 0.1) is 0 Å². The molecule has 0 bridgehead atoms. The third kappa shape index (κ3) is 2.45. The highest BCUT2D eigenvalue weighted by atomic mass is 16.2. The van der Waals surface area contributed by atoms with E-state index >= 15 is 0 Å². The molecule has 5 unspecified atom stereocenters. The number of carbonyl (C=O) groups is 2. The van der Waals surface area contributed by atoms with E-state index in [-0.39, 0.29) is 35.9 Å². The van der Waals surface area contributed by atoms with E-state index in [0.717, 1.165) is 12.8 Å². The molecule has 1 N–H and O–H groups in total. The van der Waals surface area contributed by atoms with Crippen LogP contribution in [0, 0.1) is 17.8 Å². The molecule has 2 amide bonds. The molecular formula is C16H28N2O2. The topological polar surface area (TPSA) is 49.4 Å². The Morgan fingerprint density at radius 1 is 1.25 bits per heavy atom. The van der Waals surface area contributed by atoms with Gasteiger partial charge in [-0.2, -0.15) is 0 Å². The minimum Gasteiger partial charge on any atom is -0.343 e. The second-order valence-corrected chi connectivity index (χ2v) is 6.84. The number of hydrogen-bond donors (Lipinski definition) is 1. The van der Waals surface area contributed by atoms with Crippen molar-refractivity contribution in [3.8, 4) is 0 Å². The number of nitrogens with zero attached hydrogens (tertiary/aromatic N) is 1. The molecule has 2 rings (SSSR count). The summed E-state index contributed by atoms with van der Waals surface area (Å²) in [5.74, 6) is 1.43. The van der Waals surface area contributed by atoms with Crippen LogP contribution < -0.4 is 5.32 Å². The Bertz CT molecular complexity index is 394. The minimum absolute atomic E-state index is 0.0132. The quantitative estimate of drug-likeness (QED) is 0.861. The lowest BCUT2D eigenvalue weighted by Gasteiger charge is -2.45. The van der Waals surface area contributed by atoms with Gasteiger partial charge in [-0.1, -0.05) is 34.1 Å². The molecule has 20 heavy (non-hydrogen) atoms. The Hall–Kier alpha value is -1.06. The zero-order valence-corrected chi connectivity index (χ0v) is 13.3. The van der Waals surface area contributed by atoms with Crippen LogP contribution >= 0.6 is 0 Å². The van der Waals surface area contributed by atoms with Crippen molar-refractivity contribution in [2.75, 3.05) is 0 Å².